The maximum atomic E-state index is 12.5. The molecule has 1 saturated heterocycles. The van der Waals surface area contributed by atoms with Crippen molar-refractivity contribution in [3.05, 3.63) is 42.2 Å². The molecule has 0 atom stereocenters. The molecule has 1 aliphatic rings. The van der Waals surface area contributed by atoms with Crippen LogP contribution < -0.4 is 10.6 Å². The number of amides is 1. The van der Waals surface area contributed by atoms with Crippen LogP contribution in [-0.4, -0.2) is 54.1 Å². The van der Waals surface area contributed by atoms with E-state index in [1.165, 1.54) is 10.9 Å². The molecule has 1 fully saturated rings. The number of piperidine rings is 1. The van der Waals surface area contributed by atoms with Crippen LogP contribution in [0.5, 0.6) is 5.75 Å². The van der Waals surface area contributed by atoms with Crippen LogP contribution in [0.4, 0.5) is 0 Å². The normalized spacial score (nSPS) is 16.5. The highest BCUT2D eigenvalue weighted by atomic mass is 16.5. The lowest BCUT2D eigenvalue weighted by Gasteiger charge is -2.37. The van der Waals surface area contributed by atoms with E-state index in [9.17, 15) is 9.90 Å². The molecule has 1 aromatic carbocycles. The van der Waals surface area contributed by atoms with Crippen molar-refractivity contribution in [2.24, 2.45) is 5.41 Å². The number of nitrogens with one attached hydrogen (secondary N) is 2. The third-order valence-electron chi connectivity index (χ3n) is 4.67. The molecule has 0 radical (unpaired) electrons. The number of benzene rings is 1. The summed E-state index contributed by atoms with van der Waals surface area (Å²) in [5, 5.41) is 20.6. The second-order valence-corrected chi connectivity index (χ2v) is 6.51. The van der Waals surface area contributed by atoms with Crippen molar-refractivity contribution in [3.63, 3.8) is 0 Å². The van der Waals surface area contributed by atoms with Gasteiger partial charge in [-0.2, -0.15) is 5.10 Å². The summed E-state index contributed by atoms with van der Waals surface area (Å²) in [5.74, 6) is -0.506. The van der Waals surface area contributed by atoms with Gasteiger partial charge < -0.3 is 20.5 Å². The Bertz CT molecular complexity index is 703. The van der Waals surface area contributed by atoms with E-state index < -0.39 is 0 Å². The summed E-state index contributed by atoms with van der Waals surface area (Å²) in [5.41, 5.74) is 0.740. The quantitative estimate of drug-likeness (QED) is 0.736. The largest absolute Gasteiger partial charge is 0.504 e. The van der Waals surface area contributed by atoms with Crippen molar-refractivity contribution in [3.8, 4) is 11.4 Å². The zero-order valence-corrected chi connectivity index (χ0v) is 14.4. The molecule has 1 aliphatic heterocycles. The number of hydrogen-bond acceptors (Lipinski definition) is 5. The van der Waals surface area contributed by atoms with Crippen LogP contribution in [0.3, 0.4) is 0 Å². The van der Waals surface area contributed by atoms with Gasteiger partial charge in [-0.1, -0.05) is 18.2 Å². The van der Waals surface area contributed by atoms with Crippen LogP contribution >= 0.6 is 0 Å². The number of carbonyl (C=O) groups is 1. The van der Waals surface area contributed by atoms with Crippen LogP contribution in [0.1, 0.15) is 23.3 Å². The number of aromatic nitrogens is 2. The molecule has 2 aromatic rings. The smallest absolute Gasteiger partial charge is 0.275 e. The van der Waals surface area contributed by atoms with Crippen LogP contribution in [0, 0.1) is 5.41 Å². The van der Waals surface area contributed by atoms with Crippen molar-refractivity contribution in [2.45, 2.75) is 12.8 Å². The van der Waals surface area contributed by atoms with Gasteiger partial charge in [0.1, 0.15) is 0 Å². The fraction of sp³-hybridized carbons (Fsp3) is 0.444. The first-order valence-electron chi connectivity index (χ1n) is 8.45. The molecule has 1 amide bonds. The van der Waals surface area contributed by atoms with Gasteiger partial charge in [-0.25, -0.2) is 4.68 Å². The molecule has 0 unspecified atom stereocenters. The van der Waals surface area contributed by atoms with Gasteiger partial charge >= 0.3 is 0 Å². The van der Waals surface area contributed by atoms with E-state index in [0.29, 0.717) is 13.2 Å². The number of ether oxygens (including phenoxy) is 1. The van der Waals surface area contributed by atoms with E-state index in [1.54, 1.807) is 7.11 Å². The zero-order chi connectivity index (χ0) is 17.7. The summed E-state index contributed by atoms with van der Waals surface area (Å²) in [4.78, 5) is 12.5. The molecule has 7 nitrogen and oxygen atoms in total. The first-order chi connectivity index (χ1) is 12.1. The lowest BCUT2D eigenvalue weighted by atomic mass is 9.79. The Labute approximate surface area is 147 Å². The summed E-state index contributed by atoms with van der Waals surface area (Å²) in [6.07, 6.45) is 3.32. The summed E-state index contributed by atoms with van der Waals surface area (Å²) >= 11 is 0. The third-order valence-corrected chi connectivity index (χ3v) is 4.67. The van der Waals surface area contributed by atoms with Crippen LogP contribution in [0.25, 0.3) is 5.69 Å². The number of nitrogens with zero attached hydrogens (tertiary/aromatic N) is 2. The van der Waals surface area contributed by atoms with Gasteiger partial charge in [-0.15, -0.1) is 0 Å². The van der Waals surface area contributed by atoms with Gasteiger partial charge in [-0.3, -0.25) is 4.79 Å². The van der Waals surface area contributed by atoms with Gasteiger partial charge in [0.2, 0.25) is 0 Å². The Morgan fingerprint density at radius 2 is 2.08 bits per heavy atom. The predicted octanol–water partition coefficient (Wildman–Crippen LogP) is 1.32. The Kier molecular flexibility index (Phi) is 5.35. The second kappa shape index (κ2) is 7.67. The highest BCUT2D eigenvalue weighted by Gasteiger charge is 2.33. The number of aromatic hydroxyl groups is 1. The minimum atomic E-state index is -0.374. The topological polar surface area (TPSA) is 88.4 Å². The van der Waals surface area contributed by atoms with Crippen molar-refractivity contribution >= 4 is 5.91 Å². The van der Waals surface area contributed by atoms with E-state index in [2.05, 4.69) is 15.7 Å². The first kappa shape index (κ1) is 17.4. The Morgan fingerprint density at radius 3 is 2.76 bits per heavy atom. The van der Waals surface area contributed by atoms with Crippen molar-refractivity contribution < 1.29 is 14.6 Å². The molecule has 134 valence electrons. The predicted molar refractivity (Wildman–Crippen MR) is 94.0 cm³/mol. The molecule has 1 aromatic heterocycles. The molecule has 2 heterocycles. The highest BCUT2D eigenvalue weighted by molar-refractivity contribution is 5.94. The summed E-state index contributed by atoms with van der Waals surface area (Å²) < 4.78 is 6.86. The number of hydrogen-bond donors (Lipinski definition) is 3. The van der Waals surface area contributed by atoms with Gasteiger partial charge in [-0.05, 0) is 38.1 Å². The monoisotopic (exact) mass is 344 g/mol. The van der Waals surface area contributed by atoms with Crippen molar-refractivity contribution in [1.82, 2.24) is 20.4 Å². The average molecular weight is 344 g/mol. The summed E-state index contributed by atoms with van der Waals surface area (Å²) in [6, 6.07) is 9.36. The van der Waals surface area contributed by atoms with Gasteiger partial charge in [0.15, 0.2) is 11.4 Å². The number of rotatable bonds is 6. The standard InChI is InChI=1S/C18H24N4O3/c1-25-13-18(7-9-19-10-8-18)12-20-17(24)16-15(23)11-22(21-16)14-5-3-2-4-6-14/h2-6,11,19,23H,7-10,12-13H2,1H3,(H,20,24). The van der Waals surface area contributed by atoms with Gasteiger partial charge in [0.25, 0.3) is 5.91 Å². The van der Waals surface area contributed by atoms with E-state index >= 15 is 0 Å². The maximum Gasteiger partial charge on any atom is 0.275 e. The summed E-state index contributed by atoms with van der Waals surface area (Å²) in [6.45, 7) is 2.92. The van der Waals surface area contributed by atoms with Crippen LogP contribution in [-0.2, 0) is 4.74 Å². The van der Waals surface area contributed by atoms with E-state index in [0.717, 1.165) is 31.6 Å². The van der Waals surface area contributed by atoms with Crippen molar-refractivity contribution in [2.75, 3.05) is 33.4 Å². The van der Waals surface area contributed by atoms with Crippen LogP contribution in [0.2, 0.25) is 0 Å². The minimum Gasteiger partial charge on any atom is -0.504 e. The SMILES string of the molecule is COCC1(CNC(=O)c2nn(-c3ccccc3)cc2O)CCNCC1. The van der Waals surface area contributed by atoms with E-state index in [1.807, 2.05) is 30.3 Å². The first-order valence-corrected chi connectivity index (χ1v) is 8.45. The van der Waals surface area contributed by atoms with E-state index in [4.69, 9.17) is 4.74 Å². The molecule has 3 rings (SSSR count). The fourth-order valence-corrected chi connectivity index (χ4v) is 3.23. The highest BCUT2D eigenvalue weighted by Crippen LogP contribution is 2.28. The van der Waals surface area contributed by atoms with Gasteiger partial charge in [0.05, 0.1) is 18.5 Å². The number of para-hydroxylation sites is 1. The average Bonchev–Trinajstić information content (AvgIpc) is 3.03. The van der Waals surface area contributed by atoms with E-state index in [-0.39, 0.29) is 22.8 Å². The Hall–Kier alpha value is -2.38. The summed E-state index contributed by atoms with van der Waals surface area (Å²) in [7, 11) is 1.68. The van der Waals surface area contributed by atoms with Crippen LogP contribution in [0.15, 0.2) is 36.5 Å². The molecule has 0 saturated carbocycles. The molecule has 7 heteroatoms. The maximum absolute atomic E-state index is 12.5. The lowest BCUT2D eigenvalue weighted by molar-refractivity contribution is 0.0510. The Morgan fingerprint density at radius 1 is 1.36 bits per heavy atom. The minimum absolute atomic E-state index is 0.0327. The fourth-order valence-electron chi connectivity index (χ4n) is 3.23. The molecular formula is C18H24N4O3. The molecular weight excluding hydrogens is 320 g/mol. The molecule has 3 N–H and O–H groups in total. The third kappa shape index (κ3) is 4.00. The molecule has 0 aliphatic carbocycles. The second-order valence-electron chi connectivity index (χ2n) is 6.51. The Balaban J connectivity index is 1.70. The molecule has 25 heavy (non-hydrogen) atoms. The lowest BCUT2D eigenvalue weighted by Crippen LogP contribution is -2.47. The zero-order valence-electron chi connectivity index (χ0n) is 14.4. The van der Waals surface area contributed by atoms with Gasteiger partial charge in [0, 0.05) is 19.1 Å². The van der Waals surface area contributed by atoms with Crippen molar-refractivity contribution in [1.29, 1.82) is 0 Å². The molecule has 0 bridgehead atoms. The number of methoxy groups -OCH3 is 1. The molecule has 0 spiro atoms. The number of carbonyl (C=O) groups excluding carboxylic acids is 1.